The van der Waals surface area contributed by atoms with E-state index in [4.69, 9.17) is 4.74 Å². The van der Waals surface area contributed by atoms with E-state index in [1.807, 2.05) is 45.0 Å². The number of hydrogen-bond donors (Lipinski definition) is 2. The number of benzene rings is 1. The summed E-state index contributed by atoms with van der Waals surface area (Å²) in [6.45, 7) is 5.87. The van der Waals surface area contributed by atoms with Crippen molar-refractivity contribution >= 4 is 28.8 Å². The van der Waals surface area contributed by atoms with Gasteiger partial charge in [-0.15, -0.1) is 0 Å². The SMILES string of the molecule is COC(=O)C(C)(CSc1nc2ccccc2[nH]1)NC(C)C. The van der Waals surface area contributed by atoms with Gasteiger partial charge in [-0.1, -0.05) is 23.9 Å². The number of esters is 1. The van der Waals surface area contributed by atoms with Crippen molar-refractivity contribution in [1.82, 2.24) is 15.3 Å². The highest BCUT2D eigenvalue weighted by Crippen LogP contribution is 2.24. The molecular formula is C15H21N3O2S. The lowest BCUT2D eigenvalue weighted by Gasteiger charge is -2.29. The van der Waals surface area contributed by atoms with Crippen molar-refractivity contribution in [2.75, 3.05) is 12.9 Å². The number of fused-ring (bicyclic) bond motifs is 1. The number of aromatic amines is 1. The van der Waals surface area contributed by atoms with Gasteiger partial charge in [-0.25, -0.2) is 4.98 Å². The highest BCUT2D eigenvalue weighted by Gasteiger charge is 2.35. The molecule has 0 fully saturated rings. The van der Waals surface area contributed by atoms with Crippen LogP contribution in [-0.4, -0.2) is 40.4 Å². The molecule has 1 unspecified atom stereocenters. The van der Waals surface area contributed by atoms with Crippen molar-refractivity contribution in [3.8, 4) is 0 Å². The van der Waals surface area contributed by atoms with E-state index in [-0.39, 0.29) is 12.0 Å². The molecule has 0 saturated heterocycles. The van der Waals surface area contributed by atoms with Crippen LogP contribution in [-0.2, 0) is 9.53 Å². The van der Waals surface area contributed by atoms with Crippen molar-refractivity contribution in [3.05, 3.63) is 24.3 Å². The zero-order chi connectivity index (χ0) is 15.5. The third kappa shape index (κ3) is 3.77. The molecule has 21 heavy (non-hydrogen) atoms. The molecule has 0 aliphatic heterocycles. The lowest BCUT2D eigenvalue weighted by atomic mass is 10.0. The van der Waals surface area contributed by atoms with Crippen LogP contribution in [0.1, 0.15) is 20.8 Å². The Morgan fingerprint density at radius 2 is 2.19 bits per heavy atom. The zero-order valence-corrected chi connectivity index (χ0v) is 13.6. The Kier molecular flexibility index (Phi) is 4.90. The molecule has 2 rings (SSSR count). The van der Waals surface area contributed by atoms with Crippen LogP contribution in [0.25, 0.3) is 11.0 Å². The van der Waals surface area contributed by atoms with Gasteiger partial charge in [0.05, 0.1) is 18.1 Å². The average molecular weight is 307 g/mol. The standard InChI is InChI=1S/C15H21N3O2S/c1-10(2)18-15(3,13(19)20-4)9-21-14-16-11-7-5-6-8-12(11)17-14/h5-8,10,18H,9H2,1-4H3,(H,16,17). The van der Waals surface area contributed by atoms with Gasteiger partial charge in [-0.2, -0.15) is 0 Å². The molecule has 5 nitrogen and oxygen atoms in total. The molecule has 1 atom stereocenters. The van der Waals surface area contributed by atoms with Crippen molar-refractivity contribution < 1.29 is 9.53 Å². The van der Waals surface area contributed by atoms with Crippen LogP contribution in [0, 0.1) is 0 Å². The summed E-state index contributed by atoms with van der Waals surface area (Å²) in [6.07, 6.45) is 0. The normalized spacial score (nSPS) is 14.3. The van der Waals surface area contributed by atoms with Gasteiger partial charge >= 0.3 is 5.97 Å². The lowest BCUT2D eigenvalue weighted by Crippen LogP contribution is -2.54. The maximum Gasteiger partial charge on any atom is 0.326 e. The van der Waals surface area contributed by atoms with Gasteiger partial charge in [-0.3, -0.25) is 10.1 Å². The Balaban J connectivity index is 2.12. The summed E-state index contributed by atoms with van der Waals surface area (Å²) in [7, 11) is 1.41. The predicted molar refractivity (Wildman–Crippen MR) is 85.5 cm³/mol. The number of methoxy groups -OCH3 is 1. The molecule has 0 aliphatic rings. The van der Waals surface area contributed by atoms with Crippen molar-refractivity contribution in [3.63, 3.8) is 0 Å². The third-order valence-electron chi connectivity index (χ3n) is 3.11. The highest BCUT2D eigenvalue weighted by molar-refractivity contribution is 7.99. The number of aromatic nitrogens is 2. The van der Waals surface area contributed by atoms with Crippen molar-refractivity contribution in [2.24, 2.45) is 0 Å². The number of nitrogens with zero attached hydrogens (tertiary/aromatic N) is 1. The van der Waals surface area contributed by atoms with Gasteiger partial charge in [0.15, 0.2) is 5.16 Å². The molecule has 1 aromatic carbocycles. The maximum atomic E-state index is 12.0. The Hall–Kier alpha value is -1.53. The summed E-state index contributed by atoms with van der Waals surface area (Å²) in [6, 6.07) is 8.05. The van der Waals surface area contributed by atoms with Gasteiger partial charge in [0, 0.05) is 11.8 Å². The number of para-hydroxylation sites is 2. The number of thioether (sulfide) groups is 1. The van der Waals surface area contributed by atoms with E-state index in [0.29, 0.717) is 5.75 Å². The fourth-order valence-electron chi connectivity index (χ4n) is 2.23. The minimum absolute atomic E-state index is 0.186. The molecule has 1 aromatic heterocycles. The van der Waals surface area contributed by atoms with Crippen LogP contribution in [0.4, 0.5) is 0 Å². The van der Waals surface area contributed by atoms with Gasteiger partial charge in [0.1, 0.15) is 5.54 Å². The number of hydrogen-bond acceptors (Lipinski definition) is 5. The summed E-state index contributed by atoms with van der Waals surface area (Å²) in [5.74, 6) is 0.275. The molecule has 2 aromatic rings. The summed E-state index contributed by atoms with van der Waals surface area (Å²) in [4.78, 5) is 19.8. The van der Waals surface area contributed by atoms with Gasteiger partial charge in [-0.05, 0) is 32.9 Å². The van der Waals surface area contributed by atoms with Crippen LogP contribution >= 0.6 is 11.8 Å². The molecule has 0 saturated carbocycles. The van der Waals surface area contributed by atoms with Gasteiger partial charge < -0.3 is 9.72 Å². The first kappa shape index (κ1) is 15.9. The second-order valence-electron chi connectivity index (χ2n) is 5.47. The van der Waals surface area contributed by atoms with Crippen molar-refractivity contribution in [1.29, 1.82) is 0 Å². The second kappa shape index (κ2) is 6.49. The molecule has 2 N–H and O–H groups in total. The molecular weight excluding hydrogens is 286 g/mol. The van der Waals surface area contributed by atoms with Crippen LogP contribution in [0.2, 0.25) is 0 Å². The van der Waals surface area contributed by atoms with E-state index in [9.17, 15) is 4.79 Å². The Bertz CT molecular complexity index is 593. The number of carbonyl (C=O) groups is 1. The molecule has 0 radical (unpaired) electrons. The number of H-pyrrole nitrogens is 1. The van der Waals surface area contributed by atoms with Crippen molar-refractivity contribution in [2.45, 2.75) is 37.5 Å². The maximum absolute atomic E-state index is 12.0. The molecule has 1 heterocycles. The van der Waals surface area contributed by atoms with E-state index < -0.39 is 5.54 Å². The molecule has 0 amide bonds. The van der Waals surface area contributed by atoms with E-state index in [0.717, 1.165) is 16.2 Å². The summed E-state index contributed by atoms with van der Waals surface area (Å²) < 4.78 is 4.92. The quantitative estimate of drug-likeness (QED) is 0.634. The Morgan fingerprint density at radius 3 is 2.81 bits per heavy atom. The van der Waals surface area contributed by atoms with Crippen LogP contribution in [0.3, 0.4) is 0 Å². The monoisotopic (exact) mass is 307 g/mol. The Morgan fingerprint density at radius 1 is 1.48 bits per heavy atom. The fraction of sp³-hybridized carbons (Fsp3) is 0.467. The van der Waals surface area contributed by atoms with Crippen LogP contribution in [0.15, 0.2) is 29.4 Å². The minimum Gasteiger partial charge on any atom is -0.468 e. The van der Waals surface area contributed by atoms with Crippen LogP contribution < -0.4 is 5.32 Å². The smallest absolute Gasteiger partial charge is 0.326 e. The number of carbonyl (C=O) groups excluding carboxylic acids is 1. The topological polar surface area (TPSA) is 67.0 Å². The summed E-state index contributed by atoms with van der Waals surface area (Å²) >= 11 is 1.51. The average Bonchev–Trinajstić information content (AvgIpc) is 2.86. The minimum atomic E-state index is -0.743. The molecule has 114 valence electrons. The summed E-state index contributed by atoms with van der Waals surface area (Å²) in [5, 5.41) is 4.08. The lowest BCUT2D eigenvalue weighted by molar-refractivity contribution is -0.147. The second-order valence-corrected chi connectivity index (χ2v) is 6.43. The number of nitrogens with one attached hydrogen (secondary N) is 2. The molecule has 0 bridgehead atoms. The van der Waals surface area contributed by atoms with Crippen LogP contribution in [0.5, 0.6) is 0 Å². The fourth-order valence-corrected chi connectivity index (χ4v) is 3.20. The largest absolute Gasteiger partial charge is 0.468 e. The number of rotatable bonds is 6. The predicted octanol–water partition coefficient (Wildman–Crippen LogP) is 2.58. The first-order chi connectivity index (χ1) is 9.94. The first-order valence-electron chi connectivity index (χ1n) is 6.88. The molecule has 0 spiro atoms. The van der Waals surface area contributed by atoms with Gasteiger partial charge in [0.2, 0.25) is 0 Å². The van der Waals surface area contributed by atoms with E-state index in [1.165, 1.54) is 18.9 Å². The van der Waals surface area contributed by atoms with E-state index in [2.05, 4.69) is 15.3 Å². The summed E-state index contributed by atoms with van der Waals surface area (Å²) in [5.41, 5.74) is 1.18. The third-order valence-corrected chi connectivity index (χ3v) is 4.30. The molecule has 6 heteroatoms. The zero-order valence-electron chi connectivity index (χ0n) is 12.8. The Labute approximate surface area is 128 Å². The van der Waals surface area contributed by atoms with Gasteiger partial charge in [0.25, 0.3) is 0 Å². The first-order valence-corrected chi connectivity index (χ1v) is 7.87. The highest BCUT2D eigenvalue weighted by atomic mass is 32.2. The number of ether oxygens (including phenoxy) is 1. The van der Waals surface area contributed by atoms with E-state index >= 15 is 0 Å². The number of imidazole rings is 1. The molecule has 0 aliphatic carbocycles. The van der Waals surface area contributed by atoms with E-state index in [1.54, 1.807) is 0 Å².